The summed E-state index contributed by atoms with van der Waals surface area (Å²) in [6.07, 6.45) is 0. The Balaban J connectivity index is 1.25. The Hall–Kier alpha value is -7.50. The number of para-hydroxylation sites is 4. The van der Waals surface area contributed by atoms with E-state index in [4.69, 9.17) is 14.4 Å². The summed E-state index contributed by atoms with van der Waals surface area (Å²) in [6.45, 7) is 0. The molecule has 0 spiro atoms. The van der Waals surface area contributed by atoms with E-state index in [-0.39, 0.29) is 0 Å². The molecule has 12 rings (SSSR count). The van der Waals surface area contributed by atoms with E-state index in [1.54, 1.807) is 0 Å². The molecule has 0 radical (unpaired) electrons. The van der Waals surface area contributed by atoms with Crippen molar-refractivity contribution in [2.75, 3.05) is 0 Å². The first-order chi connectivity index (χ1) is 27.3. The topological polar surface area (TPSA) is 48.8 Å². The van der Waals surface area contributed by atoms with Crippen molar-refractivity contribution >= 4 is 76.5 Å². The number of fused-ring (bicyclic) bond motifs is 12. The van der Waals surface area contributed by atoms with E-state index >= 15 is 0 Å². The van der Waals surface area contributed by atoms with E-state index in [1.165, 1.54) is 16.3 Å². The summed E-state index contributed by atoms with van der Waals surface area (Å²) in [5.41, 5.74) is 12.3. The number of benzene rings is 8. The summed E-state index contributed by atoms with van der Waals surface area (Å²) >= 11 is 0. The molecule has 0 saturated heterocycles. The van der Waals surface area contributed by atoms with Gasteiger partial charge in [-0.25, -0.2) is 9.97 Å². The van der Waals surface area contributed by atoms with Crippen LogP contribution in [0.4, 0.5) is 0 Å². The zero-order valence-corrected chi connectivity index (χ0v) is 29.5. The number of nitrogens with zero attached hydrogens (tertiary/aromatic N) is 4. The minimum atomic E-state index is 0.616. The molecule has 5 heteroatoms. The lowest BCUT2D eigenvalue weighted by atomic mass is 10.0. The van der Waals surface area contributed by atoms with Gasteiger partial charge < -0.3 is 8.98 Å². The van der Waals surface area contributed by atoms with Gasteiger partial charge in [0.05, 0.1) is 33.3 Å². The Kier molecular flexibility index (Phi) is 6.27. The third kappa shape index (κ3) is 4.35. The second-order valence-corrected chi connectivity index (χ2v) is 14.1. The highest BCUT2D eigenvalue weighted by molar-refractivity contribution is 6.31. The molecule has 0 bridgehead atoms. The fourth-order valence-electron chi connectivity index (χ4n) is 8.74. The van der Waals surface area contributed by atoms with E-state index in [2.05, 4.69) is 173 Å². The number of aromatic nitrogens is 4. The number of rotatable bonds is 4. The van der Waals surface area contributed by atoms with E-state index in [0.717, 1.165) is 88.2 Å². The molecule has 256 valence electrons. The molecule has 0 saturated carbocycles. The molecule has 12 aromatic rings. The van der Waals surface area contributed by atoms with E-state index < -0.39 is 0 Å². The highest BCUT2D eigenvalue weighted by Crippen LogP contribution is 2.45. The molecule has 0 aliphatic rings. The molecule has 0 fully saturated rings. The smallest absolute Gasteiger partial charge is 0.235 e. The Labute approximate surface area is 315 Å². The molecule has 0 aliphatic carbocycles. The average molecular weight is 703 g/mol. The van der Waals surface area contributed by atoms with Crippen LogP contribution in [0.15, 0.2) is 186 Å². The van der Waals surface area contributed by atoms with Gasteiger partial charge in [-0.3, -0.25) is 4.57 Å². The lowest BCUT2D eigenvalue weighted by Crippen LogP contribution is -2.04. The van der Waals surface area contributed by atoms with Gasteiger partial charge in [0.2, 0.25) is 5.95 Å². The monoisotopic (exact) mass is 702 g/mol. The normalized spacial score (nSPS) is 12.0. The van der Waals surface area contributed by atoms with Crippen LogP contribution in [0, 0.1) is 0 Å². The van der Waals surface area contributed by atoms with Crippen LogP contribution >= 0.6 is 0 Å². The fraction of sp³-hybridized carbons (Fsp3) is 0. The Morgan fingerprint density at radius 2 is 1.00 bits per heavy atom. The average Bonchev–Trinajstić information content (AvgIpc) is 3.91. The zero-order valence-electron chi connectivity index (χ0n) is 29.5. The van der Waals surface area contributed by atoms with Crippen molar-refractivity contribution in [2.24, 2.45) is 0 Å². The van der Waals surface area contributed by atoms with Crippen molar-refractivity contribution in [3.8, 4) is 34.0 Å². The lowest BCUT2D eigenvalue weighted by molar-refractivity contribution is 0.669. The maximum Gasteiger partial charge on any atom is 0.235 e. The van der Waals surface area contributed by atoms with E-state index in [0.29, 0.717) is 5.95 Å². The van der Waals surface area contributed by atoms with Gasteiger partial charge in [0.1, 0.15) is 11.2 Å². The van der Waals surface area contributed by atoms with Gasteiger partial charge in [0.25, 0.3) is 0 Å². The van der Waals surface area contributed by atoms with Crippen LogP contribution in [0.1, 0.15) is 0 Å². The van der Waals surface area contributed by atoms with Crippen molar-refractivity contribution in [3.05, 3.63) is 182 Å². The molecule has 0 unspecified atom stereocenters. The van der Waals surface area contributed by atoms with Gasteiger partial charge in [-0.05, 0) is 53.6 Å². The van der Waals surface area contributed by atoms with Crippen LogP contribution < -0.4 is 0 Å². The minimum absolute atomic E-state index is 0.616. The van der Waals surface area contributed by atoms with Gasteiger partial charge in [0.15, 0.2) is 0 Å². The molecular weight excluding hydrogens is 673 g/mol. The fourth-order valence-corrected chi connectivity index (χ4v) is 8.74. The number of furan rings is 1. The molecule has 55 heavy (non-hydrogen) atoms. The summed E-state index contributed by atoms with van der Waals surface area (Å²) in [5, 5.41) is 7.78. The highest BCUT2D eigenvalue weighted by Gasteiger charge is 2.25. The number of hydrogen-bond donors (Lipinski definition) is 0. The van der Waals surface area contributed by atoms with Crippen LogP contribution in [0.5, 0.6) is 0 Å². The molecule has 0 aliphatic heterocycles. The summed E-state index contributed by atoms with van der Waals surface area (Å²) in [5.74, 6) is 0.616. The van der Waals surface area contributed by atoms with E-state index in [1.807, 2.05) is 18.2 Å². The van der Waals surface area contributed by atoms with Gasteiger partial charge in [0, 0.05) is 49.0 Å². The first-order valence-electron chi connectivity index (χ1n) is 18.6. The summed E-state index contributed by atoms with van der Waals surface area (Å²) < 4.78 is 11.2. The predicted octanol–water partition coefficient (Wildman–Crippen LogP) is 13.1. The van der Waals surface area contributed by atoms with Crippen molar-refractivity contribution in [1.29, 1.82) is 0 Å². The van der Waals surface area contributed by atoms with Gasteiger partial charge in [-0.15, -0.1) is 0 Å². The maximum absolute atomic E-state index is 6.48. The van der Waals surface area contributed by atoms with Crippen LogP contribution in [0.2, 0.25) is 0 Å². The molecule has 4 heterocycles. The Morgan fingerprint density at radius 1 is 0.364 bits per heavy atom. The summed E-state index contributed by atoms with van der Waals surface area (Å²) in [7, 11) is 0. The van der Waals surface area contributed by atoms with Crippen LogP contribution in [0.3, 0.4) is 0 Å². The second-order valence-electron chi connectivity index (χ2n) is 14.1. The maximum atomic E-state index is 6.48. The molecule has 0 N–H and O–H groups in total. The van der Waals surface area contributed by atoms with Crippen LogP contribution in [-0.2, 0) is 0 Å². The molecule has 0 atom stereocenters. The Bertz CT molecular complexity index is 3470. The highest BCUT2D eigenvalue weighted by atomic mass is 16.3. The third-order valence-corrected chi connectivity index (χ3v) is 11.1. The van der Waals surface area contributed by atoms with E-state index in [9.17, 15) is 0 Å². The van der Waals surface area contributed by atoms with Gasteiger partial charge in [-0.2, -0.15) is 0 Å². The zero-order chi connectivity index (χ0) is 36.0. The Morgan fingerprint density at radius 3 is 1.84 bits per heavy atom. The quantitative estimate of drug-likeness (QED) is 0.183. The minimum Gasteiger partial charge on any atom is -0.456 e. The standard InChI is InChI=1S/C50H30N4O/c1-3-13-31(14-4-1)32-23-25-33(26-24-32)47-37-18-7-10-20-40(37)51-50(52-47)54-42-29-30-44-46(38-19-9-12-22-43(38)55-44)45(42)39-28-27-36-35-17-8-11-21-41(35)53(48(36)49(39)54)34-15-5-2-6-16-34/h1-30H. The first-order valence-corrected chi connectivity index (χ1v) is 18.6. The molecule has 4 aromatic heterocycles. The third-order valence-electron chi connectivity index (χ3n) is 11.1. The van der Waals surface area contributed by atoms with Crippen molar-refractivity contribution < 1.29 is 4.42 Å². The molecule has 5 nitrogen and oxygen atoms in total. The van der Waals surface area contributed by atoms with Crippen LogP contribution in [0.25, 0.3) is 110 Å². The van der Waals surface area contributed by atoms with Crippen molar-refractivity contribution in [3.63, 3.8) is 0 Å². The van der Waals surface area contributed by atoms with Crippen LogP contribution in [-0.4, -0.2) is 19.1 Å². The summed E-state index contributed by atoms with van der Waals surface area (Å²) in [4.78, 5) is 10.9. The van der Waals surface area contributed by atoms with Crippen molar-refractivity contribution in [2.45, 2.75) is 0 Å². The first kappa shape index (κ1) is 30.0. The number of hydrogen-bond acceptors (Lipinski definition) is 3. The largest absolute Gasteiger partial charge is 0.456 e. The second kappa shape index (κ2) is 11.5. The lowest BCUT2D eigenvalue weighted by Gasteiger charge is -2.14. The SMILES string of the molecule is c1ccc(-c2ccc(-c3nc(-n4c5ccc6oc7ccccc7c6c5c5ccc6c7ccccc7n(-c7ccccc7)c6c54)nc4ccccc34)cc2)cc1. The summed E-state index contributed by atoms with van der Waals surface area (Å²) in [6, 6.07) is 64.1. The predicted molar refractivity (Wildman–Crippen MR) is 226 cm³/mol. The van der Waals surface area contributed by atoms with Gasteiger partial charge >= 0.3 is 0 Å². The molecular formula is C50H30N4O. The van der Waals surface area contributed by atoms with Gasteiger partial charge in [-0.1, -0.05) is 140 Å². The molecule has 8 aromatic carbocycles. The van der Waals surface area contributed by atoms with Crippen molar-refractivity contribution in [1.82, 2.24) is 19.1 Å². The molecule has 0 amide bonds.